The number of aromatic hydroxyl groups is 1. The highest BCUT2D eigenvalue weighted by Gasteiger charge is 2.38. The van der Waals surface area contributed by atoms with E-state index < -0.39 is 34.6 Å². The van der Waals surface area contributed by atoms with E-state index in [4.69, 9.17) is 16.7 Å². The second-order valence-corrected chi connectivity index (χ2v) is 2.88. The van der Waals surface area contributed by atoms with Crippen LogP contribution < -0.4 is 0 Å². The Morgan fingerprint density at radius 1 is 1.33 bits per heavy atom. The summed E-state index contributed by atoms with van der Waals surface area (Å²) < 4.78 is 61.1. The fourth-order valence-electron chi connectivity index (χ4n) is 0.937. The molecule has 15 heavy (non-hydrogen) atoms. The maximum absolute atomic E-state index is 12.3. The number of nitrogens with zero attached hydrogens (tertiary/aromatic N) is 1. The molecule has 8 heteroatoms. The zero-order valence-corrected chi connectivity index (χ0v) is 7.57. The van der Waals surface area contributed by atoms with Crippen LogP contribution in [-0.2, 0) is 6.18 Å². The van der Waals surface area contributed by atoms with Crippen molar-refractivity contribution < 1.29 is 27.1 Å². The third-order valence-corrected chi connectivity index (χ3v) is 1.85. The Morgan fingerprint density at radius 2 is 1.87 bits per heavy atom. The molecule has 0 aromatic carbocycles. The molecule has 0 aliphatic heterocycles. The lowest BCUT2D eigenvalue weighted by Gasteiger charge is -2.13. The number of hydrogen-bond donors (Lipinski definition) is 1. The summed E-state index contributed by atoms with van der Waals surface area (Å²) in [6, 6.07) is 0. The second kappa shape index (κ2) is 3.80. The largest absolute Gasteiger partial charge is 0.504 e. The fourth-order valence-corrected chi connectivity index (χ4v) is 1.09. The van der Waals surface area contributed by atoms with Gasteiger partial charge in [0, 0.05) is 6.20 Å². The van der Waals surface area contributed by atoms with Gasteiger partial charge >= 0.3 is 6.18 Å². The Balaban J connectivity index is 3.47. The van der Waals surface area contributed by atoms with Gasteiger partial charge in [0.2, 0.25) is 0 Å². The van der Waals surface area contributed by atoms with E-state index in [1.165, 1.54) is 0 Å². The number of alkyl halides is 5. The molecule has 0 bridgehead atoms. The Kier molecular flexibility index (Phi) is 3.03. The summed E-state index contributed by atoms with van der Waals surface area (Å²) in [5.41, 5.74) is -3.25. The highest BCUT2D eigenvalue weighted by molar-refractivity contribution is 6.30. The van der Waals surface area contributed by atoms with Crippen LogP contribution in [0.1, 0.15) is 17.6 Å². The van der Waals surface area contributed by atoms with Crippen molar-refractivity contribution in [2.75, 3.05) is 0 Å². The quantitative estimate of drug-likeness (QED) is 0.609. The molecule has 1 aromatic rings. The minimum atomic E-state index is -5.01. The number of pyridine rings is 1. The van der Waals surface area contributed by atoms with Gasteiger partial charge in [0.05, 0.1) is 11.1 Å². The number of rotatable bonds is 1. The normalized spacial score (nSPS) is 12.2. The van der Waals surface area contributed by atoms with Crippen molar-refractivity contribution >= 4 is 11.6 Å². The van der Waals surface area contributed by atoms with Crippen LogP contribution in [-0.4, -0.2) is 10.1 Å². The van der Waals surface area contributed by atoms with Gasteiger partial charge in [0.15, 0.2) is 10.9 Å². The molecule has 1 heterocycles. The van der Waals surface area contributed by atoms with Crippen molar-refractivity contribution in [1.29, 1.82) is 0 Å². The van der Waals surface area contributed by atoms with E-state index in [0.717, 1.165) is 0 Å². The minimum Gasteiger partial charge on any atom is -0.504 e. The molecule has 0 unspecified atom stereocenters. The van der Waals surface area contributed by atoms with Crippen LogP contribution >= 0.6 is 11.6 Å². The van der Waals surface area contributed by atoms with E-state index in [1.54, 1.807) is 0 Å². The van der Waals surface area contributed by atoms with Gasteiger partial charge in [-0.05, 0) is 0 Å². The average molecular weight is 248 g/mol. The molecule has 1 rings (SSSR count). The second-order valence-electron chi connectivity index (χ2n) is 2.52. The topological polar surface area (TPSA) is 33.1 Å². The van der Waals surface area contributed by atoms with Gasteiger partial charge in [-0.3, -0.25) is 0 Å². The lowest BCUT2D eigenvalue weighted by molar-refractivity contribution is -0.140. The van der Waals surface area contributed by atoms with Gasteiger partial charge in [-0.15, -0.1) is 0 Å². The SMILES string of the molecule is Oc1c(Cl)ncc(C(F)(F)F)c1C(F)F. The molecular weight excluding hydrogens is 245 g/mol. The van der Waals surface area contributed by atoms with Crippen LogP contribution in [0.15, 0.2) is 6.20 Å². The molecule has 0 amide bonds. The molecule has 84 valence electrons. The number of hydrogen-bond acceptors (Lipinski definition) is 2. The van der Waals surface area contributed by atoms with Crippen LogP contribution in [0.25, 0.3) is 0 Å². The molecule has 1 N–H and O–H groups in total. The first-order chi connectivity index (χ1) is 6.75. The summed E-state index contributed by atoms with van der Waals surface area (Å²) in [4.78, 5) is 2.95. The van der Waals surface area contributed by atoms with Crippen molar-refractivity contribution in [1.82, 2.24) is 4.98 Å². The zero-order valence-electron chi connectivity index (χ0n) is 6.82. The molecule has 0 aliphatic carbocycles. The predicted octanol–water partition coefficient (Wildman–Crippen LogP) is 3.40. The Labute approximate surface area is 85.3 Å². The molecule has 1 aromatic heterocycles. The first kappa shape index (κ1) is 12.0. The van der Waals surface area contributed by atoms with Gasteiger partial charge in [0.1, 0.15) is 0 Å². The van der Waals surface area contributed by atoms with Crippen LogP contribution in [0.5, 0.6) is 5.75 Å². The molecule has 0 radical (unpaired) electrons. The van der Waals surface area contributed by atoms with E-state index in [9.17, 15) is 22.0 Å². The third kappa shape index (κ3) is 2.28. The summed E-state index contributed by atoms with van der Waals surface area (Å²) in [5.74, 6) is -1.35. The van der Waals surface area contributed by atoms with E-state index in [1.807, 2.05) is 0 Å². The Morgan fingerprint density at radius 3 is 2.27 bits per heavy atom. The lowest BCUT2D eigenvalue weighted by Crippen LogP contribution is -2.10. The molecule has 0 spiro atoms. The van der Waals surface area contributed by atoms with Gasteiger partial charge < -0.3 is 5.11 Å². The van der Waals surface area contributed by atoms with E-state index in [2.05, 4.69) is 4.98 Å². The lowest BCUT2D eigenvalue weighted by atomic mass is 10.1. The molecule has 0 fully saturated rings. The summed E-state index contributed by atoms with van der Waals surface area (Å²) >= 11 is 5.12. The monoisotopic (exact) mass is 247 g/mol. The van der Waals surface area contributed by atoms with Crippen LogP contribution in [0.3, 0.4) is 0 Å². The number of halogens is 6. The maximum Gasteiger partial charge on any atom is 0.418 e. The molecule has 0 atom stereocenters. The van der Waals surface area contributed by atoms with Crippen LogP contribution in [0.4, 0.5) is 22.0 Å². The Hall–Kier alpha value is -1.11. The van der Waals surface area contributed by atoms with E-state index in [0.29, 0.717) is 0 Å². The summed E-state index contributed by atoms with van der Waals surface area (Å²) in [6.45, 7) is 0. The number of aromatic nitrogens is 1. The van der Waals surface area contributed by atoms with Gasteiger partial charge in [-0.2, -0.15) is 13.2 Å². The highest BCUT2D eigenvalue weighted by Crippen LogP contribution is 2.42. The van der Waals surface area contributed by atoms with Crippen molar-refractivity contribution in [3.8, 4) is 5.75 Å². The predicted molar refractivity (Wildman–Crippen MR) is 40.9 cm³/mol. The van der Waals surface area contributed by atoms with E-state index >= 15 is 0 Å². The van der Waals surface area contributed by atoms with E-state index in [-0.39, 0.29) is 6.20 Å². The summed E-state index contributed by atoms with van der Waals surface area (Å²) in [6.07, 6.45) is -8.34. The minimum absolute atomic E-state index is 0.156. The summed E-state index contributed by atoms with van der Waals surface area (Å²) in [7, 11) is 0. The van der Waals surface area contributed by atoms with Gasteiger partial charge in [-0.1, -0.05) is 11.6 Å². The fraction of sp³-hybridized carbons (Fsp3) is 0.286. The molecule has 2 nitrogen and oxygen atoms in total. The van der Waals surface area contributed by atoms with Crippen LogP contribution in [0.2, 0.25) is 5.15 Å². The first-order valence-corrected chi connectivity index (χ1v) is 3.85. The highest BCUT2D eigenvalue weighted by atomic mass is 35.5. The standard InChI is InChI=1S/C7H3ClF5NO/c8-5-4(15)3(6(9)10)2(1-14-5)7(11,12)13/h1,6,15H. The van der Waals surface area contributed by atoms with Crippen LogP contribution in [0, 0.1) is 0 Å². The molecule has 0 aliphatic rings. The maximum atomic E-state index is 12.3. The average Bonchev–Trinajstić information content (AvgIpc) is 2.06. The summed E-state index contributed by atoms with van der Waals surface area (Å²) in [5, 5.41) is 8.14. The van der Waals surface area contributed by atoms with Crippen molar-refractivity contribution in [3.63, 3.8) is 0 Å². The van der Waals surface area contributed by atoms with Crippen molar-refractivity contribution in [3.05, 3.63) is 22.5 Å². The van der Waals surface area contributed by atoms with Gasteiger partial charge in [-0.25, -0.2) is 13.8 Å². The van der Waals surface area contributed by atoms with Gasteiger partial charge in [0.25, 0.3) is 6.43 Å². The zero-order chi connectivity index (χ0) is 11.8. The molecule has 0 saturated heterocycles. The Bertz CT molecular complexity index is 378. The molecular formula is C7H3ClF5NO. The third-order valence-electron chi connectivity index (χ3n) is 1.57. The van der Waals surface area contributed by atoms with Crippen molar-refractivity contribution in [2.45, 2.75) is 12.6 Å². The first-order valence-electron chi connectivity index (χ1n) is 3.48. The molecule has 0 saturated carbocycles. The van der Waals surface area contributed by atoms with Crippen molar-refractivity contribution in [2.24, 2.45) is 0 Å². The smallest absolute Gasteiger partial charge is 0.418 e.